The molecule has 33 heavy (non-hydrogen) atoms. The van der Waals surface area contributed by atoms with E-state index in [2.05, 4.69) is 10.6 Å². The Labute approximate surface area is 196 Å². The number of amides is 2. The highest BCUT2D eigenvalue weighted by Gasteiger charge is 2.30. The van der Waals surface area contributed by atoms with Crippen LogP contribution in [0, 0.1) is 11.8 Å². The molecule has 196 valence electrons. The topological polar surface area (TPSA) is 178 Å². The Morgan fingerprint density at radius 2 is 1.52 bits per heavy atom. The highest BCUT2D eigenvalue weighted by molar-refractivity contribution is 5.80. The molecule has 0 aromatic rings. The lowest BCUT2D eigenvalue weighted by molar-refractivity contribution is -0.128. The predicted molar refractivity (Wildman–Crippen MR) is 121 cm³/mol. The molecular weight excluding hydrogens is 436 g/mol. The summed E-state index contributed by atoms with van der Waals surface area (Å²) in [4.78, 5) is 24.7. The minimum atomic E-state index is -1.76. The molecule has 0 radical (unpaired) electrons. The van der Waals surface area contributed by atoms with E-state index in [1.807, 2.05) is 27.7 Å². The highest BCUT2D eigenvalue weighted by Crippen LogP contribution is 2.17. The lowest BCUT2D eigenvalue weighted by Crippen LogP contribution is -2.49. The predicted octanol–water partition coefficient (Wildman–Crippen LogP) is -1.46. The molecule has 0 aliphatic carbocycles. The van der Waals surface area contributed by atoms with Gasteiger partial charge in [0.1, 0.15) is 18.3 Å². The summed E-state index contributed by atoms with van der Waals surface area (Å²) in [6.07, 6.45) is -5.55. The van der Waals surface area contributed by atoms with Gasteiger partial charge in [0.2, 0.25) is 11.8 Å². The van der Waals surface area contributed by atoms with Crippen LogP contribution >= 0.6 is 0 Å². The Morgan fingerprint density at radius 1 is 0.879 bits per heavy atom. The van der Waals surface area contributed by atoms with Gasteiger partial charge < -0.3 is 45.6 Å². The number of carbonyl (C=O) groups is 2. The van der Waals surface area contributed by atoms with Gasteiger partial charge >= 0.3 is 0 Å². The van der Waals surface area contributed by atoms with Crippen LogP contribution in [-0.2, 0) is 19.1 Å². The van der Waals surface area contributed by atoms with Crippen molar-refractivity contribution in [1.29, 1.82) is 0 Å². The third kappa shape index (κ3) is 15.2. The van der Waals surface area contributed by atoms with E-state index >= 15 is 0 Å². The van der Waals surface area contributed by atoms with E-state index in [-0.39, 0.29) is 36.8 Å². The van der Waals surface area contributed by atoms with Crippen LogP contribution in [-0.4, -0.2) is 107 Å². The summed E-state index contributed by atoms with van der Waals surface area (Å²) in [6.45, 7) is 8.37. The second-order valence-electron chi connectivity index (χ2n) is 8.79. The molecular formula is C22H44N2O9. The van der Waals surface area contributed by atoms with Crippen molar-refractivity contribution in [1.82, 2.24) is 10.6 Å². The fourth-order valence-electron chi connectivity index (χ4n) is 3.06. The zero-order valence-corrected chi connectivity index (χ0v) is 20.3. The maximum absolute atomic E-state index is 12.5. The molecule has 11 nitrogen and oxygen atoms in total. The molecule has 0 rings (SSSR count). The first kappa shape index (κ1) is 31.7. The summed E-state index contributed by atoms with van der Waals surface area (Å²) in [7, 11) is 0. The number of nitrogens with one attached hydrogen (secondary N) is 2. The molecule has 11 heteroatoms. The van der Waals surface area contributed by atoms with Gasteiger partial charge in [0, 0.05) is 25.4 Å². The van der Waals surface area contributed by atoms with Crippen molar-refractivity contribution in [2.75, 3.05) is 39.5 Å². The molecule has 2 amide bonds. The minimum absolute atomic E-state index is 0.0402. The van der Waals surface area contributed by atoms with Crippen molar-refractivity contribution in [3.05, 3.63) is 0 Å². The van der Waals surface area contributed by atoms with Crippen molar-refractivity contribution in [2.24, 2.45) is 11.8 Å². The van der Waals surface area contributed by atoms with E-state index in [0.29, 0.717) is 39.2 Å². The standard InChI is InChI=1S/C22H44N2O9/c1-14(2)11-16(22(31)23-7-8-32-9-10-33-15(3)4)5-6-19(28)24-12-17(26)20(29)21(30)18(27)13-25/h14-18,20-21,25-27,29-30H,5-13H2,1-4H3,(H,23,31)(H,24,28). The van der Waals surface area contributed by atoms with E-state index in [9.17, 15) is 30.0 Å². The van der Waals surface area contributed by atoms with Crippen LogP contribution in [0.3, 0.4) is 0 Å². The summed E-state index contributed by atoms with van der Waals surface area (Å²) in [5.41, 5.74) is 0. The van der Waals surface area contributed by atoms with E-state index in [1.54, 1.807) is 0 Å². The fraction of sp³-hybridized carbons (Fsp3) is 0.909. The average molecular weight is 481 g/mol. The quantitative estimate of drug-likeness (QED) is 0.109. The number of aliphatic hydroxyl groups excluding tert-OH is 5. The van der Waals surface area contributed by atoms with Gasteiger partial charge in [-0.05, 0) is 32.6 Å². The third-order valence-electron chi connectivity index (χ3n) is 4.90. The van der Waals surface area contributed by atoms with E-state index < -0.39 is 36.9 Å². The summed E-state index contributed by atoms with van der Waals surface area (Å²) >= 11 is 0. The fourth-order valence-corrected chi connectivity index (χ4v) is 3.06. The monoisotopic (exact) mass is 480 g/mol. The molecule has 0 saturated heterocycles. The zero-order chi connectivity index (χ0) is 25.4. The van der Waals surface area contributed by atoms with Gasteiger partial charge in [-0.25, -0.2) is 0 Å². The summed E-state index contributed by atoms with van der Waals surface area (Å²) in [6, 6.07) is 0. The Hall–Kier alpha value is -1.34. The van der Waals surface area contributed by atoms with Gasteiger partial charge in [-0.2, -0.15) is 0 Å². The van der Waals surface area contributed by atoms with Crippen molar-refractivity contribution in [3.63, 3.8) is 0 Å². The van der Waals surface area contributed by atoms with Gasteiger partial charge in [-0.15, -0.1) is 0 Å². The van der Waals surface area contributed by atoms with Crippen molar-refractivity contribution in [3.8, 4) is 0 Å². The Kier molecular flexibility index (Phi) is 17.3. The second-order valence-corrected chi connectivity index (χ2v) is 8.79. The summed E-state index contributed by atoms with van der Waals surface area (Å²) < 4.78 is 10.8. The Balaban J connectivity index is 4.36. The maximum atomic E-state index is 12.5. The molecule has 0 bridgehead atoms. The molecule has 0 fully saturated rings. The SMILES string of the molecule is CC(C)CC(CCC(=O)NCC(O)C(O)C(O)C(O)CO)C(=O)NCCOCCOC(C)C. The smallest absolute Gasteiger partial charge is 0.223 e. The number of ether oxygens (including phenoxy) is 2. The largest absolute Gasteiger partial charge is 0.394 e. The van der Waals surface area contributed by atoms with Crippen LogP contribution in [0.4, 0.5) is 0 Å². The van der Waals surface area contributed by atoms with Gasteiger partial charge in [-0.3, -0.25) is 9.59 Å². The van der Waals surface area contributed by atoms with Gasteiger partial charge in [0.25, 0.3) is 0 Å². The third-order valence-corrected chi connectivity index (χ3v) is 4.90. The summed E-state index contributed by atoms with van der Waals surface area (Å²) in [5, 5.41) is 52.6. The number of aliphatic hydroxyl groups is 5. The van der Waals surface area contributed by atoms with Crippen LogP contribution in [0.1, 0.15) is 47.0 Å². The highest BCUT2D eigenvalue weighted by atomic mass is 16.5. The Bertz CT molecular complexity index is 534. The van der Waals surface area contributed by atoms with Crippen LogP contribution in [0.15, 0.2) is 0 Å². The second kappa shape index (κ2) is 18.0. The Morgan fingerprint density at radius 3 is 2.09 bits per heavy atom. The molecule has 7 N–H and O–H groups in total. The minimum Gasteiger partial charge on any atom is -0.394 e. The molecule has 5 atom stereocenters. The average Bonchev–Trinajstić information content (AvgIpc) is 2.77. The van der Waals surface area contributed by atoms with E-state index in [4.69, 9.17) is 14.6 Å². The van der Waals surface area contributed by atoms with Gasteiger partial charge in [-0.1, -0.05) is 13.8 Å². The van der Waals surface area contributed by atoms with Crippen molar-refractivity contribution < 1.29 is 44.6 Å². The number of hydrogen-bond acceptors (Lipinski definition) is 9. The molecule has 0 saturated carbocycles. The molecule has 0 aromatic heterocycles. The zero-order valence-electron chi connectivity index (χ0n) is 20.3. The first-order valence-corrected chi connectivity index (χ1v) is 11.6. The first-order valence-electron chi connectivity index (χ1n) is 11.6. The van der Waals surface area contributed by atoms with Crippen molar-refractivity contribution in [2.45, 2.75) is 77.5 Å². The molecule has 0 aliphatic rings. The molecule has 0 spiro atoms. The van der Waals surface area contributed by atoms with Gasteiger partial charge in [0.05, 0.1) is 38.6 Å². The number of hydrogen-bond donors (Lipinski definition) is 7. The normalized spacial score (nSPS) is 16.3. The summed E-state index contributed by atoms with van der Waals surface area (Å²) in [5.74, 6) is -0.690. The van der Waals surface area contributed by atoms with Gasteiger partial charge in [0.15, 0.2) is 0 Å². The number of carbonyl (C=O) groups excluding carboxylic acids is 2. The molecule has 0 aliphatic heterocycles. The number of rotatable bonds is 19. The lowest BCUT2D eigenvalue weighted by Gasteiger charge is -2.25. The first-order chi connectivity index (χ1) is 15.5. The lowest BCUT2D eigenvalue weighted by atomic mass is 9.92. The van der Waals surface area contributed by atoms with Crippen LogP contribution in [0.25, 0.3) is 0 Å². The molecule has 0 heterocycles. The van der Waals surface area contributed by atoms with Crippen LogP contribution in [0.5, 0.6) is 0 Å². The van der Waals surface area contributed by atoms with Crippen LogP contribution in [0.2, 0.25) is 0 Å². The van der Waals surface area contributed by atoms with E-state index in [0.717, 1.165) is 0 Å². The molecule has 5 unspecified atom stereocenters. The van der Waals surface area contributed by atoms with Crippen LogP contribution < -0.4 is 10.6 Å². The molecule has 0 aromatic carbocycles. The van der Waals surface area contributed by atoms with E-state index in [1.165, 1.54) is 0 Å². The maximum Gasteiger partial charge on any atom is 0.223 e. The van der Waals surface area contributed by atoms with Crippen molar-refractivity contribution >= 4 is 11.8 Å².